The Morgan fingerprint density at radius 2 is 2.06 bits per heavy atom. The number of carbonyl (C=O) groups is 2. The molecule has 90 valence electrons. The molecule has 2 rings (SSSR count). The quantitative estimate of drug-likeness (QED) is 0.664. The summed E-state index contributed by atoms with van der Waals surface area (Å²) in [5.41, 5.74) is 0. The van der Waals surface area contributed by atoms with Gasteiger partial charge in [-0.2, -0.15) is 0 Å². The molecule has 2 fully saturated rings. The molecule has 1 amide bonds. The number of ketones is 1. The molecule has 2 saturated heterocycles. The highest BCUT2D eigenvalue weighted by atomic mass is 16.5. The standard InChI is InChI=1S/C12H19NO3/c1-9-8-13(5-2-11(9)14)12(15)10-3-6-16-7-4-10/h9-10H,2-8H2,1H3. The Balaban J connectivity index is 1.91. The molecule has 0 saturated carbocycles. The molecule has 4 heteroatoms. The van der Waals surface area contributed by atoms with E-state index in [2.05, 4.69) is 0 Å². The van der Waals surface area contributed by atoms with E-state index in [1.807, 2.05) is 11.8 Å². The lowest BCUT2D eigenvalue weighted by molar-refractivity contribution is -0.142. The lowest BCUT2D eigenvalue weighted by atomic mass is 9.94. The Morgan fingerprint density at radius 3 is 2.69 bits per heavy atom. The fourth-order valence-corrected chi connectivity index (χ4v) is 2.42. The van der Waals surface area contributed by atoms with Crippen LogP contribution in [0.4, 0.5) is 0 Å². The molecule has 0 N–H and O–H groups in total. The Bertz CT molecular complexity index is 284. The second-order valence-corrected chi connectivity index (χ2v) is 4.79. The molecule has 2 aliphatic rings. The summed E-state index contributed by atoms with van der Waals surface area (Å²) >= 11 is 0. The lowest BCUT2D eigenvalue weighted by Crippen LogP contribution is -2.46. The van der Waals surface area contributed by atoms with Gasteiger partial charge >= 0.3 is 0 Å². The summed E-state index contributed by atoms with van der Waals surface area (Å²) in [6.45, 7) is 4.51. The van der Waals surface area contributed by atoms with Crippen molar-refractivity contribution in [1.29, 1.82) is 0 Å². The monoisotopic (exact) mass is 225 g/mol. The van der Waals surface area contributed by atoms with Gasteiger partial charge in [-0.25, -0.2) is 0 Å². The van der Waals surface area contributed by atoms with E-state index in [-0.39, 0.29) is 23.5 Å². The Hall–Kier alpha value is -0.900. The molecule has 0 spiro atoms. The molecule has 0 bridgehead atoms. The summed E-state index contributed by atoms with van der Waals surface area (Å²) in [5.74, 6) is 0.644. The molecule has 0 aromatic carbocycles. The molecule has 0 aromatic heterocycles. The number of hydrogen-bond donors (Lipinski definition) is 0. The first-order chi connectivity index (χ1) is 7.68. The summed E-state index contributed by atoms with van der Waals surface area (Å²) in [5, 5.41) is 0. The first-order valence-corrected chi connectivity index (χ1v) is 6.07. The van der Waals surface area contributed by atoms with E-state index >= 15 is 0 Å². The van der Waals surface area contributed by atoms with Gasteiger partial charge in [0.2, 0.25) is 5.91 Å². The second-order valence-electron chi connectivity index (χ2n) is 4.79. The summed E-state index contributed by atoms with van der Waals surface area (Å²) in [4.78, 5) is 25.4. The largest absolute Gasteiger partial charge is 0.381 e. The maximum atomic E-state index is 12.2. The molecule has 2 aliphatic heterocycles. The highest BCUT2D eigenvalue weighted by Gasteiger charge is 2.31. The summed E-state index contributed by atoms with van der Waals surface area (Å²) in [7, 11) is 0. The van der Waals surface area contributed by atoms with Gasteiger partial charge in [-0.1, -0.05) is 6.92 Å². The van der Waals surface area contributed by atoms with Crippen molar-refractivity contribution in [1.82, 2.24) is 4.90 Å². The average Bonchev–Trinajstić information content (AvgIpc) is 2.33. The predicted molar refractivity (Wildman–Crippen MR) is 58.9 cm³/mol. The van der Waals surface area contributed by atoms with Crippen molar-refractivity contribution < 1.29 is 14.3 Å². The van der Waals surface area contributed by atoms with Crippen LogP contribution in [-0.2, 0) is 14.3 Å². The van der Waals surface area contributed by atoms with Gasteiger partial charge in [0.15, 0.2) is 0 Å². The Labute approximate surface area is 95.9 Å². The minimum Gasteiger partial charge on any atom is -0.381 e. The highest BCUT2D eigenvalue weighted by Crippen LogP contribution is 2.21. The van der Waals surface area contributed by atoms with Crippen LogP contribution in [0.1, 0.15) is 26.2 Å². The average molecular weight is 225 g/mol. The Kier molecular flexibility index (Phi) is 3.59. The molecular weight excluding hydrogens is 206 g/mol. The summed E-state index contributed by atoms with van der Waals surface area (Å²) in [6.07, 6.45) is 2.19. The van der Waals surface area contributed by atoms with E-state index < -0.39 is 0 Å². The SMILES string of the molecule is CC1CN(C(=O)C2CCOCC2)CCC1=O. The van der Waals surface area contributed by atoms with E-state index in [4.69, 9.17) is 4.74 Å². The van der Waals surface area contributed by atoms with Crippen LogP contribution in [0.25, 0.3) is 0 Å². The minimum absolute atomic E-state index is 0.0116. The van der Waals surface area contributed by atoms with E-state index in [9.17, 15) is 9.59 Å². The zero-order valence-electron chi connectivity index (χ0n) is 9.78. The van der Waals surface area contributed by atoms with Crippen LogP contribution in [0.2, 0.25) is 0 Å². The van der Waals surface area contributed by atoms with Crippen LogP contribution in [0.3, 0.4) is 0 Å². The second kappa shape index (κ2) is 4.95. The Morgan fingerprint density at radius 1 is 1.38 bits per heavy atom. The van der Waals surface area contributed by atoms with Crippen LogP contribution < -0.4 is 0 Å². The van der Waals surface area contributed by atoms with Crippen molar-refractivity contribution >= 4 is 11.7 Å². The third-order valence-corrected chi connectivity index (χ3v) is 3.55. The number of piperidine rings is 1. The number of nitrogens with zero attached hydrogens (tertiary/aromatic N) is 1. The van der Waals surface area contributed by atoms with Gasteiger partial charge in [0.05, 0.1) is 0 Å². The van der Waals surface area contributed by atoms with Gasteiger partial charge in [-0.15, -0.1) is 0 Å². The molecule has 1 atom stereocenters. The van der Waals surface area contributed by atoms with Crippen LogP contribution in [0, 0.1) is 11.8 Å². The van der Waals surface area contributed by atoms with Crippen molar-refractivity contribution in [2.24, 2.45) is 11.8 Å². The molecule has 0 radical (unpaired) electrons. The van der Waals surface area contributed by atoms with Crippen molar-refractivity contribution in [3.63, 3.8) is 0 Å². The molecule has 4 nitrogen and oxygen atoms in total. The summed E-state index contributed by atoms with van der Waals surface area (Å²) in [6, 6.07) is 0. The maximum absolute atomic E-state index is 12.2. The molecule has 0 aliphatic carbocycles. The number of ether oxygens (including phenoxy) is 1. The fraction of sp³-hybridized carbons (Fsp3) is 0.833. The van der Waals surface area contributed by atoms with Crippen molar-refractivity contribution in [2.45, 2.75) is 26.2 Å². The van der Waals surface area contributed by atoms with Gasteiger partial charge in [0.25, 0.3) is 0 Å². The first kappa shape index (κ1) is 11.6. The van der Waals surface area contributed by atoms with Crippen LogP contribution in [-0.4, -0.2) is 42.9 Å². The fourth-order valence-electron chi connectivity index (χ4n) is 2.42. The minimum atomic E-state index is 0.0116. The third-order valence-electron chi connectivity index (χ3n) is 3.55. The van der Waals surface area contributed by atoms with Gasteiger partial charge in [0, 0.05) is 44.6 Å². The first-order valence-electron chi connectivity index (χ1n) is 6.07. The van der Waals surface area contributed by atoms with Crippen LogP contribution in [0.15, 0.2) is 0 Å². The number of amides is 1. The molecule has 16 heavy (non-hydrogen) atoms. The van der Waals surface area contributed by atoms with Gasteiger partial charge in [-0.05, 0) is 12.8 Å². The summed E-state index contributed by atoms with van der Waals surface area (Å²) < 4.78 is 5.25. The van der Waals surface area contributed by atoms with E-state index in [0.717, 1.165) is 12.8 Å². The van der Waals surface area contributed by atoms with Crippen LogP contribution in [0.5, 0.6) is 0 Å². The van der Waals surface area contributed by atoms with Crippen molar-refractivity contribution in [3.8, 4) is 0 Å². The van der Waals surface area contributed by atoms with E-state index in [1.54, 1.807) is 0 Å². The molecular formula is C12H19NO3. The molecule has 1 unspecified atom stereocenters. The van der Waals surface area contributed by atoms with Gasteiger partial charge in [-0.3, -0.25) is 9.59 Å². The predicted octanol–water partition coefficient (Wildman–Crippen LogP) is 0.851. The third kappa shape index (κ3) is 2.43. The van der Waals surface area contributed by atoms with Crippen molar-refractivity contribution in [2.75, 3.05) is 26.3 Å². The highest BCUT2D eigenvalue weighted by molar-refractivity contribution is 5.85. The normalized spacial score (nSPS) is 28.2. The van der Waals surface area contributed by atoms with E-state index in [1.165, 1.54) is 0 Å². The number of Topliss-reactive ketones (excluding diaryl/α,β-unsaturated/α-hetero) is 1. The number of rotatable bonds is 1. The topological polar surface area (TPSA) is 46.6 Å². The molecule has 0 aromatic rings. The van der Waals surface area contributed by atoms with Crippen LogP contribution >= 0.6 is 0 Å². The maximum Gasteiger partial charge on any atom is 0.225 e. The van der Waals surface area contributed by atoms with E-state index in [0.29, 0.717) is 32.7 Å². The number of likely N-dealkylation sites (tertiary alicyclic amines) is 1. The van der Waals surface area contributed by atoms with Gasteiger partial charge < -0.3 is 9.64 Å². The zero-order chi connectivity index (χ0) is 11.5. The molecule has 2 heterocycles. The zero-order valence-corrected chi connectivity index (χ0v) is 9.78. The number of hydrogen-bond acceptors (Lipinski definition) is 3. The smallest absolute Gasteiger partial charge is 0.225 e. The number of carbonyl (C=O) groups excluding carboxylic acids is 2. The van der Waals surface area contributed by atoms with Gasteiger partial charge in [0.1, 0.15) is 5.78 Å². The lowest BCUT2D eigenvalue weighted by Gasteiger charge is -2.34. The van der Waals surface area contributed by atoms with Crippen molar-refractivity contribution in [3.05, 3.63) is 0 Å².